The number of thiazole rings is 1. The largest absolute Gasteiger partial charge is 0.355 e. The lowest BCUT2D eigenvalue weighted by Gasteiger charge is -2.23. The SMILES string of the molecule is CCc1nc(CCNC(=O)C2CC23CCNCC3)sc1C. The van der Waals surface area contributed by atoms with Crippen LogP contribution in [0.2, 0.25) is 0 Å². The van der Waals surface area contributed by atoms with Crippen LogP contribution in [0.15, 0.2) is 0 Å². The third-order valence-electron chi connectivity index (χ3n) is 5.02. The second-order valence-electron chi connectivity index (χ2n) is 6.37. The lowest BCUT2D eigenvalue weighted by molar-refractivity contribution is -0.123. The number of rotatable bonds is 5. The normalized spacial score (nSPS) is 23.2. The van der Waals surface area contributed by atoms with Crippen LogP contribution in [0.3, 0.4) is 0 Å². The Labute approximate surface area is 130 Å². The molecule has 21 heavy (non-hydrogen) atoms. The van der Waals surface area contributed by atoms with Gasteiger partial charge in [0.05, 0.1) is 10.7 Å². The van der Waals surface area contributed by atoms with Crippen molar-refractivity contribution in [2.75, 3.05) is 19.6 Å². The summed E-state index contributed by atoms with van der Waals surface area (Å²) < 4.78 is 0. The van der Waals surface area contributed by atoms with E-state index in [9.17, 15) is 4.79 Å². The fraction of sp³-hybridized carbons (Fsp3) is 0.750. The predicted molar refractivity (Wildman–Crippen MR) is 85.6 cm³/mol. The van der Waals surface area contributed by atoms with Crippen LogP contribution >= 0.6 is 11.3 Å². The summed E-state index contributed by atoms with van der Waals surface area (Å²) in [5.41, 5.74) is 1.54. The van der Waals surface area contributed by atoms with E-state index >= 15 is 0 Å². The first kappa shape index (κ1) is 15.0. The van der Waals surface area contributed by atoms with Crippen molar-refractivity contribution in [3.05, 3.63) is 15.6 Å². The third-order valence-corrected chi connectivity index (χ3v) is 6.09. The van der Waals surface area contributed by atoms with Crippen LogP contribution in [0.4, 0.5) is 0 Å². The lowest BCUT2D eigenvalue weighted by Crippen LogP contribution is -2.34. The zero-order valence-electron chi connectivity index (χ0n) is 13.0. The van der Waals surface area contributed by atoms with Gasteiger partial charge in [0.2, 0.25) is 5.91 Å². The van der Waals surface area contributed by atoms with Gasteiger partial charge in [0, 0.05) is 23.8 Å². The Balaban J connectivity index is 1.44. The molecule has 0 aromatic carbocycles. The van der Waals surface area contributed by atoms with Gasteiger partial charge in [-0.3, -0.25) is 4.79 Å². The smallest absolute Gasteiger partial charge is 0.223 e. The molecule has 1 aliphatic heterocycles. The predicted octanol–water partition coefficient (Wildman–Crippen LogP) is 2.06. The van der Waals surface area contributed by atoms with Crippen molar-refractivity contribution in [1.29, 1.82) is 0 Å². The maximum absolute atomic E-state index is 12.2. The van der Waals surface area contributed by atoms with Crippen molar-refractivity contribution >= 4 is 17.2 Å². The lowest BCUT2D eigenvalue weighted by atomic mass is 9.92. The summed E-state index contributed by atoms with van der Waals surface area (Å²) in [6.07, 6.45) is 5.27. The standard InChI is InChI=1S/C16H25N3OS/c1-3-13-11(2)21-14(19-13)4-7-18-15(20)12-10-16(12)5-8-17-9-6-16/h12,17H,3-10H2,1-2H3,(H,18,20). The van der Waals surface area contributed by atoms with E-state index in [1.807, 2.05) is 0 Å². The molecule has 1 saturated heterocycles. The van der Waals surface area contributed by atoms with Crippen LogP contribution in [0.1, 0.15) is 41.8 Å². The van der Waals surface area contributed by atoms with E-state index in [1.54, 1.807) is 11.3 Å². The Morgan fingerprint density at radius 2 is 2.24 bits per heavy atom. The first-order valence-corrected chi connectivity index (χ1v) is 8.90. The average Bonchev–Trinajstić information content (AvgIpc) is 3.04. The van der Waals surface area contributed by atoms with E-state index in [-0.39, 0.29) is 11.8 Å². The molecule has 2 aliphatic rings. The van der Waals surface area contributed by atoms with E-state index < -0.39 is 0 Å². The minimum atomic E-state index is 0.265. The van der Waals surface area contributed by atoms with Gasteiger partial charge in [0.1, 0.15) is 0 Å². The summed E-state index contributed by atoms with van der Waals surface area (Å²) in [4.78, 5) is 18.2. The van der Waals surface area contributed by atoms with Gasteiger partial charge in [-0.25, -0.2) is 4.98 Å². The molecule has 1 amide bonds. The van der Waals surface area contributed by atoms with Gasteiger partial charge in [-0.1, -0.05) is 6.92 Å². The van der Waals surface area contributed by atoms with E-state index in [1.165, 1.54) is 10.6 Å². The fourth-order valence-electron chi connectivity index (χ4n) is 3.53. The number of aryl methyl sites for hydroxylation is 2. The maximum atomic E-state index is 12.2. The number of carbonyl (C=O) groups excluding carboxylic acids is 1. The third kappa shape index (κ3) is 3.14. The molecule has 1 aromatic heterocycles. The van der Waals surface area contributed by atoms with Gasteiger partial charge in [-0.05, 0) is 51.1 Å². The highest BCUT2D eigenvalue weighted by Crippen LogP contribution is 2.58. The van der Waals surface area contributed by atoms with Crippen LogP contribution in [0.5, 0.6) is 0 Å². The van der Waals surface area contributed by atoms with E-state index in [4.69, 9.17) is 0 Å². The average molecular weight is 307 g/mol. The number of aromatic nitrogens is 1. The number of carbonyl (C=O) groups is 1. The highest BCUT2D eigenvalue weighted by molar-refractivity contribution is 7.11. The van der Waals surface area contributed by atoms with Crippen LogP contribution in [0.25, 0.3) is 0 Å². The van der Waals surface area contributed by atoms with Crippen molar-refractivity contribution in [2.45, 2.75) is 46.0 Å². The van der Waals surface area contributed by atoms with Gasteiger partial charge in [-0.15, -0.1) is 11.3 Å². The van der Waals surface area contributed by atoms with Gasteiger partial charge >= 0.3 is 0 Å². The second-order valence-corrected chi connectivity index (χ2v) is 7.66. The minimum Gasteiger partial charge on any atom is -0.355 e. The van der Waals surface area contributed by atoms with Crippen LogP contribution in [-0.2, 0) is 17.6 Å². The first-order chi connectivity index (χ1) is 10.1. The van der Waals surface area contributed by atoms with Crippen LogP contribution < -0.4 is 10.6 Å². The van der Waals surface area contributed by atoms with Crippen LogP contribution in [-0.4, -0.2) is 30.5 Å². The van der Waals surface area contributed by atoms with Crippen molar-refractivity contribution in [3.63, 3.8) is 0 Å². The highest BCUT2D eigenvalue weighted by Gasteiger charge is 2.57. The van der Waals surface area contributed by atoms with E-state index in [0.717, 1.165) is 56.7 Å². The quantitative estimate of drug-likeness (QED) is 0.875. The van der Waals surface area contributed by atoms with Crippen LogP contribution in [0, 0.1) is 18.3 Å². The van der Waals surface area contributed by atoms with Gasteiger partial charge in [0.15, 0.2) is 0 Å². The molecule has 0 radical (unpaired) electrons. The number of nitrogens with one attached hydrogen (secondary N) is 2. The second kappa shape index (κ2) is 6.05. The molecule has 1 spiro atoms. The molecule has 3 rings (SSSR count). The molecular weight excluding hydrogens is 282 g/mol. The summed E-state index contributed by atoms with van der Waals surface area (Å²) in [6.45, 7) is 7.13. The molecule has 1 aliphatic carbocycles. The summed E-state index contributed by atoms with van der Waals surface area (Å²) in [6, 6.07) is 0. The minimum absolute atomic E-state index is 0.265. The van der Waals surface area contributed by atoms with Crippen molar-refractivity contribution in [2.24, 2.45) is 11.3 Å². The monoisotopic (exact) mass is 307 g/mol. The first-order valence-electron chi connectivity index (χ1n) is 8.08. The zero-order valence-corrected chi connectivity index (χ0v) is 13.8. The van der Waals surface area contributed by atoms with Gasteiger partial charge in [0.25, 0.3) is 0 Å². The Hall–Kier alpha value is -0.940. The van der Waals surface area contributed by atoms with Crippen molar-refractivity contribution in [3.8, 4) is 0 Å². The number of hydrogen-bond acceptors (Lipinski definition) is 4. The zero-order chi connectivity index (χ0) is 14.9. The molecule has 1 saturated carbocycles. The summed E-state index contributed by atoms with van der Waals surface area (Å²) in [5.74, 6) is 0.532. The fourth-order valence-corrected chi connectivity index (χ4v) is 4.56. The Morgan fingerprint density at radius 1 is 1.48 bits per heavy atom. The summed E-state index contributed by atoms with van der Waals surface area (Å²) >= 11 is 1.77. The summed E-state index contributed by atoms with van der Waals surface area (Å²) in [5, 5.41) is 7.65. The topological polar surface area (TPSA) is 54.0 Å². The van der Waals surface area contributed by atoms with Gasteiger partial charge in [-0.2, -0.15) is 0 Å². The summed E-state index contributed by atoms with van der Waals surface area (Å²) in [7, 11) is 0. The Kier molecular flexibility index (Phi) is 4.31. The molecule has 1 atom stereocenters. The molecular formula is C16H25N3OS. The molecule has 2 fully saturated rings. The molecule has 4 nitrogen and oxygen atoms in total. The number of nitrogens with zero attached hydrogens (tertiary/aromatic N) is 1. The number of amides is 1. The molecule has 116 valence electrons. The maximum Gasteiger partial charge on any atom is 0.223 e. The molecule has 2 N–H and O–H groups in total. The number of hydrogen-bond donors (Lipinski definition) is 2. The number of piperidine rings is 1. The molecule has 2 heterocycles. The van der Waals surface area contributed by atoms with Crippen molar-refractivity contribution in [1.82, 2.24) is 15.6 Å². The molecule has 0 bridgehead atoms. The van der Waals surface area contributed by atoms with E-state index in [0.29, 0.717) is 5.41 Å². The van der Waals surface area contributed by atoms with Crippen molar-refractivity contribution < 1.29 is 4.79 Å². The highest BCUT2D eigenvalue weighted by atomic mass is 32.1. The van der Waals surface area contributed by atoms with E-state index in [2.05, 4.69) is 29.5 Å². The Bertz CT molecular complexity index is 520. The Morgan fingerprint density at radius 3 is 2.90 bits per heavy atom. The molecule has 1 aromatic rings. The molecule has 1 unspecified atom stereocenters. The molecule has 5 heteroatoms. The van der Waals surface area contributed by atoms with Gasteiger partial charge < -0.3 is 10.6 Å².